The molecule has 2 heterocycles. The molecule has 0 aliphatic heterocycles. The van der Waals surface area contributed by atoms with Crippen molar-refractivity contribution < 1.29 is 4.52 Å². The number of nitrogens with zero attached hydrogens (tertiary/aromatic N) is 3. The van der Waals surface area contributed by atoms with Crippen LogP contribution in [-0.2, 0) is 13.6 Å². The van der Waals surface area contributed by atoms with Gasteiger partial charge in [0, 0.05) is 25.4 Å². The van der Waals surface area contributed by atoms with Gasteiger partial charge < -0.3 is 9.84 Å². The van der Waals surface area contributed by atoms with Crippen molar-refractivity contribution >= 4 is 0 Å². The molecule has 14 heavy (non-hydrogen) atoms. The number of rotatable bonds is 3. The molecule has 5 nitrogen and oxygen atoms in total. The van der Waals surface area contributed by atoms with Crippen LogP contribution in [0.5, 0.6) is 0 Å². The maximum atomic E-state index is 5.17. The number of nitrogens with one attached hydrogen (secondary N) is 1. The van der Waals surface area contributed by atoms with Crippen molar-refractivity contribution in [3.05, 3.63) is 24.2 Å². The first-order chi connectivity index (χ1) is 6.81. The Bertz CT molecular complexity index is 418. The van der Waals surface area contributed by atoms with Gasteiger partial charge in [-0.3, -0.25) is 4.68 Å². The van der Waals surface area contributed by atoms with Gasteiger partial charge >= 0.3 is 0 Å². The van der Waals surface area contributed by atoms with Crippen LogP contribution in [0.2, 0.25) is 0 Å². The summed E-state index contributed by atoms with van der Waals surface area (Å²) in [6, 6.07) is 0. The standard InChI is InChI=1S/C9H12N4O/c1-10-3-7-5-12-14-9(7)8-4-11-13(2)6-8/h4-6,10H,3H2,1-2H3. The molecule has 0 radical (unpaired) electrons. The van der Waals surface area contributed by atoms with Crippen LogP contribution in [0.4, 0.5) is 0 Å². The van der Waals surface area contributed by atoms with Crippen molar-refractivity contribution in [1.82, 2.24) is 20.3 Å². The molecule has 0 unspecified atom stereocenters. The van der Waals surface area contributed by atoms with Crippen molar-refractivity contribution in [3.63, 3.8) is 0 Å². The summed E-state index contributed by atoms with van der Waals surface area (Å²) in [5, 5.41) is 10.9. The van der Waals surface area contributed by atoms with Gasteiger partial charge in [0.2, 0.25) is 0 Å². The second kappa shape index (κ2) is 3.63. The Kier molecular flexibility index (Phi) is 2.32. The molecule has 0 atom stereocenters. The summed E-state index contributed by atoms with van der Waals surface area (Å²) in [4.78, 5) is 0. The third-order valence-electron chi connectivity index (χ3n) is 1.98. The predicted molar refractivity (Wildman–Crippen MR) is 51.5 cm³/mol. The van der Waals surface area contributed by atoms with Gasteiger partial charge in [-0.25, -0.2) is 0 Å². The van der Waals surface area contributed by atoms with E-state index in [1.165, 1.54) is 0 Å². The van der Waals surface area contributed by atoms with E-state index in [0.717, 1.165) is 23.4 Å². The van der Waals surface area contributed by atoms with Crippen LogP contribution in [-0.4, -0.2) is 22.0 Å². The van der Waals surface area contributed by atoms with Crippen LogP contribution in [0.1, 0.15) is 5.56 Å². The van der Waals surface area contributed by atoms with Gasteiger partial charge in [-0.05, 0) is 7.05 Å². The van der Waals surface area contributed by atoms with E-state index in [1.54, 1.807) is 17.1 Å². The zero-order chi connectivity index (χ0) is 9.97. The molecule has 2 aromatic heterocycles. The lowest BCUT2D eigenvalue weighted by molar-refractivity contribution is 0.431. The highest BCUT2D eigenvalue weighted by molar-refractivity contribution is 5.58. The molecule has 5 heteroatoms. The molecule has 0 fully saturated rings. The Hall–Kier alpha value is -1.62. The quantitative estimate of drug-likeness (QED) is 0.781. The van der Waals surface area contributed by atoms with Gasteiger partial charge in [0.05, 0.1) is 18.0 Å². The summed E-state index contributed by atoms with van der Waals surface area (Å²) in [5.41, 5.74) is 2.00. The van der Waals surface area contributed by atoms with Crippen LogP contribution in [0.15, 0.2) is 23.1 Å². The van der Waals surface area contributed by atoms with Gasteiger partial charge in [0.25, 0.3) is 0 Å². The highest BCUT2D eigenvalue weighted by atomic mass is 16.5. The van der Waals surface area contributed by atoms with E-state index in [4.69, 9.17) is 4.52 Å². The molecule has 0 saturated heterocycles. The monoisotopic (exact) mass is 192 g/mol. The van der Waals surface area contributed by atoms with Crippen molar-refractivity contribution in [3.8, 4) is 11.3 Å². The Morgan fingerprint density at radius 3 is 3.00 bits per heavy atom. The molecular formula is C9H12N4O. The maximum absolute atomic E-state index is 5.17. The van der Waals surface area contributed by atoms with Crippen molar-refractivity contribution in [2.45, 2.75) is 6.54 Å². The summed E-state index contributed by atoms with van der Waals surface area (Å²) in [5.74, 6) is 0.785. The van der Waals surface area contributed by atoms with E-state index in [2.05, 4.69) is 15.6 Å². The van der Waals surface area contributed by atoms with Crippen LogP contribution in [0, 0.1) is 0 Å². The average molecular weight is 192 g/mol. The zero-order valence-electron chi connectivity index (χ0n) is 8.19. The molecule has 0 aliphatic carbocycles. The maximum Gasteiger partial charge on any atom is 0.174 e. The minimum Gasteiger partial charge on any atom is -0.356 e. The first-order valence-corrected chi connectivity index (χ1v) is 4.38. The second-order valence-electron chi connectivity index (χ2n) is 3.11. The number of hydrogen-bond acceptors (Lipinski definition) is 4. The van der Waals surface area contributed by atoms with Crippen LogP contribution in [0.3, 0.4) is 0 Å². The SMILES string of the molecule is CNCc1cnoc1-c1cnn(C)c1. The smallest absolute Gasteiger partial charge is 0.174 e. The molecule has 0 aliphatic rings. The molecular weight excluding hydrogens is 180 g/mol. The van der Waals surface area contributed by atoms with Crippen molar-refractivity contribution in [1.29, 1.82) is 0 Å². The first kappa shape index (κ1) is 8.96. The molecule has 0 bridgehead atoms. The fourth-order valence-corrected chi connectivity index (χ4v) is 1.35. The van der Waals surface area contributed by atoms with Crippen LogP contribution in [0.25, 0.3) is 11.3 Å². The molecule has 0 aromatic carbocycles. The summed E-state index contributed by atoms with van der Waals surface area (Å²) >= 11 is 0. The Labute approximate surface area is 81.7 Å². The predicted octanol–water partition coefficient (Wildman–Crippen LogP) is 0.794. The summed E-state index contributed by atoms with van der Waals surface area (Å²) < 4.78 is 6.91. The van der Waals surface area contributed by atoms with Crippen molar-refractivity contribution in [2.75, 3.05) is 7.05 Å². The van der Waals surface area contributed by atoms with E-state index >= 15 is 0 Å². The third-order valence-corrected chi connectivity index (χ3v) is 1.98. The Morgan fingerprint density at radius 2 is 2.36 bits per heavy atom. The molecule has 2 rings (SSSR count). The Morgan fingerprint density at radius 1 is 1.50 bits per heavy atom. The molecule has 0 saturated carbocycles. The first-order valence-electron chi connectivity index (χ1n) is 4.38. The minimum absolute atomic E-state index is 0.744. The largest absolute Gasteiger partial charge is 0.356 e. The van der Waals surface area contributed by atoms with Gasteiger partial charge in [-0.1, -0.05) is 5.16 Å². The summed E-state index contributed by atoms with van der Waals surface area (Å²) in [7, 11) is 3.76. The molecule has 0 amide bonds. The van der Waals surface area contributed by atoms with Crippen LogP contribution < -0.4 is 5.32 Å². The zero-order valence-corrected chi connectivity index (χ0v) is 8.19. The summed E-state index contributed by atoms with van der Waals surface area (Å²) in [6.07, 6.45) is 5.39. The fourth-order valence-electron chi connectivity index (χ4n) is 1.35. The normalized spacial score (nSPS) is 10.7. The average Bonchev–Trinajstić information content (AvgIpc) is 2.74. The number of hydrogen-bond donors (Lipinski definition) is 1. The van der Waals surface area contributed by atoms with Crippen molar-refractivity contribution in [2.24, 2.45) is 7.05 Å². The lowest BCUT2D eigenvalue weighted by Crippen LogP contribution is -2.04. The highest BCUT2D eigenvalue weighted by Gasteiger charge is 2.11. The topological polar surface area (TPSA) is 55.9 Å². The Balaban J connectivity index is 2.36. The van der Waals surface area contributed by atoms with Gasteiger partial charge in [-0.15, -0.1) is 0 Å². The van der Waals surface area contributed by atoms with E-state index < -0.39 is 0 Å². The highest BCUT2D eigenvalue weighted by Crippen LogP contribution is 2.22. The van der Waals surface area contributed by atoms with Gasteiger partial charge in [0.1, 0.15) is 0 Å². The van der Waals surface area contributed by atoms with Gasteiger partial charge in [0.15, 0.2) is 5.76 Å². The summed E-state index contributed by atoms with van der Waals surface area (Å²) in [6.45, 7) is 0.744. The third kappa shape index (κ3) is 1.54. The lowest BCUT2D eigenvalue weighted by atomic mass is 10.2. The molecule has 1 N–H and O–H groups in total. The number of aryl methyl sites for hydroxylation is 1. The fraction of sp³-hybridized carbons (Fsp3) is 0.333. The van der Waals surface area contributed by atoms with Crippen LogP contribution >= 0.6 is 0 Å². The molecule has 74 valence electrons. The lowest BCUT2D eigenvalue weighted by Gasteiger charge is -1.96. The molecule has 2 aromatic rings. The number of aromatic nitrogens is 3. The van der Waals surface area contributed by atoms with E-state index in [0.29, 0.717) is 0 Å². The van der Waals surface area contributed by atoms with E-state index in [1.807, 2.05) is 20.3 Å². The van der Waals surface area contributed by atoms with E-state index in [9.17, 15) is 0 Å². The van der Waals surface area contributed by atoms with Gasteiger partial charge in [-0.2, -0.15) is 5.10 Å². The second-order valence-corrected chi connectivity index (χ2v) is 3.11. The van der Waals surface area contributed by atoms with E-state index in [-0.39, 0.29) is 0 Å². The molecule has 0 spiro atoms. The minimum atomic E-state index is 0.744.